The number of carbonyl (C=O) groups excluding carboxylic acids is 1. The maximum atomic E-state index is 13.3. The van der Waals surface area contributed by atoms with E-state index in [1.165, 1.54) is 0 Å². The Labute approximate surface area is 261 Å². The number of nitrogens with zero attached hydrogens (tertiary/aromatic N) is 3. The lowest BCUT2D eigenvalue weighted by Gasteiger charge is -2.10. The van der Waals surface area contributed by atoms with Crippen LogP contribution in [0.2, 0.25) is 0 Å². The van der Waals surface area contributed by atoms with Gasteiger partial charge in [0.25, 0.3) is 11.4 Å². The number of nitro groups is 2. The second kappa shape index (κ2) is 12.4. The molecule has 4 aromatic rings. The first-order valence-electron chi connectivity index (χ1n) is 13.1. The zero-order valence-electron chi connectivity index (χ0n) is 23.4. The van der Waals surface area contributed by atoms with Crippen molar-refractivity contribution in [2.75, 3.05) is 0 Å². The fourth-order valence-corrected chi connectivity index (χ4v) is 6.92. The molecule has 0 saturated heterocycles. The van der Waals surface area contributed by atoms with E-state index in [9.17, 15) is 41.9 Å². The molecule has 5 rings (SSSR count). The third-order valence-corrected chi connectivity index (χ3v) is 9.61. The number of sulfonamides is 2. The zero-order valence-corrected chi connectivity index (χ0v) is 25.0. The second-order valence-electron chi connectivity index (χ2n) is 9.80. The molecule has 4 aromatic carbocycles. The number of benzene rings is 4. The van der Waals surface area contributed by atoms with Gasteiger partial charge in [-0.05, 0) is 23.3 Å². The van der Waals surface area contributed by atoms with Crippen LogP contribution in [-0.4, -0.2) is 38.4 Å². The van der Waals surface area contributed by atoms with Crippen molar-refractivity contribution in [2.24, 2.45) is 10.8 Å². The smallest absolute Gasteiger partial charge is 0.332 e. The van der Waals surface area contributed by atoms with Crippen molar-refractivity contribution in [1.82, 2.24) is 14.9 Å². The van der Waals surface area contributed by atoms with Crippen LogP contribution in [0.25, 0.3) is 11.1 Å². The number of nitrogens with one attached hydrogen (secondary N) is 3. The fourth-order valence-electron chi connectivity index (χ4n) is 4.79. The number of urea groups is 1. The quantitative estimate of drug-likeness (QED) is 0.119. The van der Waals surface area contributed by atoms with Gasteiger partial charge in [0.1, 0.15) is 0 Å². The van der Waals surface area contributed by atoms with Gasteiger partial charge in [-0.1, -0.05) is 60.7 Å². The Balaban J connectivity index is 1.69. The highest BCUT2D eigenvalue weighted by molar-refractivity contribution is 7.89. The van der Waals surface area contributed by atoms with Crippen molar-refractivity contribution in [3.05, 3.63) is 127 Å². The summed E-state index contributed by atoms with van der Waals surface area (Å²) in [6.07, 6.45) is 0. The van der Waals surface area contributed by atoms with E-state index >= 15 is 0 Å². The van der Waals surface area contributed by atoms with Crippen molar-refractivity contribution in [1.29, 1.82) is 0 Å². The summed E-state index contributed by atoms with van der Waals surface area (Å²) >= 11 is 0. The number of hydrogen-bond donors (Lipinski definition) is 4. The number of amides is 2. The van der Waals surface area contributed by atoms with Gasteiger partial charge in [-0.25, -0.2) is 36.5 Å². The molecule has 0 radical (unpaired) electrons. The number of nitrogens with two attached hydrogens (primary N) is 1. The number of hydrogen-bond acceptors (Lipinski definition) is 10. The maximum absolute atomic E-state index is 13.3. The van der Waals surface area contributed by atoms with Crippen LogP contribution < -0.4 is 20.6 Å². The van der Waals surface area contributed by atoms with E-state index in [4.69, 9.17) is 5.73 Å². The summed E-state index contributed by atoms with van der Waals surface area (Å²) in [4.78, 5) is 33.2. The lowest BCUT2D eigenvalue weighted by atomic mass is 10.0. The molecule has 46 heavy (non-hydrogen) atoms. The van der Waals surface area contributed by atoms with Crippen LogP contribution in [0, 0.1) is 20.2 Å². The van der Waals surface area contributed by atoms with Crippen molar-refractivity contribution in [2.45, 2.75) is 22.9 Å². The molecule has 0 atom stereocenters. The number of carbonyl (C=O) groups is 1. The standard InChI is InChI=1S/C28H23N7O9S2/c29-28(36)33-32-27-21-11-19(45(41,42)30-15-17-7-3-1-4-8-17)13-23(34(37)38)25(21)26-22(27)12-20(14-24(26)35(39)40)46(43,44)31-16-18-9-5-2-6-10-18/h1-14,30-31H,15-16H2,(H3,29,33,36). The van der Waals surface area contributed by atoms with Crippen LogP contribution in [0.3, 0.4) is 0 Å². The molecule has 18 heteroatoms. The monoisotopic (exact) mass is 665 g/mol. The molecule has 2 amide bonds. The van der Waals surface area contributed by atoms with Gasteiger partial charge < -0.3 is 5.73 Å². The van der Waals surface area contributed by atoms with E-state index in [1.54, 1.807) is 60.7 Å². The van der Waals surface area contributed by atoms with Gasteiger partial charge in [-0.3, -0.25) is 20.2 Å². The summed E-state index contributed by atoms with van der Waals surface area (Å²) in [6, 6.07) is 19.1. The first-order chi connectivity index (χ1) is 21.8. The van der Waals surface area contributed by atoms with E-state index in [1.807, 2.05) is 5.43 Å². The summed E-state index contributed by atoms with van der Waals surface area (Å²) < 4.78 is 58.0. The molecule has 1 aliphatic rings. The number of primary amides is 1. The van der Waals surface area contributed by atoms with E-state index in [-0.39, 0.29) is 24.2 Å². The van der Waals surface area contributed by atoms with Crippen molar-refractivity contribution in [3.63, 3.8) is 0 Å². The van der Waals surface area contributed by atoms with E-state index in [2.05, 4.69) is 14.5 Å². The van der Waals surface area contributed by atoms with E-state index in [0.29, 0.717) is 11.1 Å². The molecule has 236 valence electrons. The Morgan fingerprint density at radius 3 is 1.43 bits per heavy atom. The van der Waals surface area contributed by atoms with Gasteiger partial charge >= 0.3 is 6.03 Å². The molecule has 0 saturated carbocycles. The van der Waals surface area contributed by atoms with E-state index < -0.39 is 73.9 Å². The Kier molecular flexibility index (Phi) is 8.62. The van der Waals surface area contributed by atoms with E-state index in [0.717, 1.165) is 24.3 Å². The fraction of sp³-hybridized carbons (Fsp3) is 0.0714. The van der Waals surface area contributed by atoms with Gasteiger partial charge in [0, 0.05) is 36.3 Å². The maximum Gasteiger partial charge on any atom is 0.332 e. The average Bonchev–Trinajstić information content (AvgIpc) is 3.35. The largest absolute Gasteiger partial charge is 0.350 e. The molecular weight excluding hydrogens is 642 g/mol. The van der Waals surface area contributed by atoms with Crippen LogP contribution in [0.4, 0.5) is 16.2 Å². The second-order valence-corrected chi connectivity index (χ2v) is 13.3. The topological polar surface area (TPSA) is 246 Å². The molecule has 1 aliphatic carbocycles. The Bertz CT molecular complexity index is 2000. The number of rotatable bonds is 11. The molecule has 0 heterocycles. The lowest BCUT2D eigenvalue weighted by Crippen LogP contribution is -2.26. The first kappa shape index (κ1) is 31.9. The summed E-state index contributed by atoms with van der Waals surface area (Å²) in [6.45, 7) is -0.331. The molecular formula is C28H23N7O9S2. The minimum atomic E-state index is -4.43. The van der Waals surface area contributed by atoms with Gasteiger partial charge in [-0.15, -0.1) is 0 Å². The third-order valence-electron chi connectivity index (χ3n) is 6.85. The van der Waals surface area contributed by atoms with Crippen LogP contribution in [0.1, 0.15) is 22.3 Å². The van der Waals surface area contributed by atoms with Gasteiger partial charge in [0.2, 0.25) is 20.0 Å². The predicted octanol–water partition coefficient (Wildman–Crippen LogP) is 2.86. The SMILES string of the molecule is NC(=O)NN=C1c2cc(S(=O)(=O)NCc3ccccc3)cc([N+](=O)[O-])c2-c2c1cc(S(=O)(=O)NCc1ccccc1)cc2[N+](=O)[O-]. The normalized spacial score (nSPS) is 12.2. The summed E-state index contributed by atoms with van der Waals surface area (Å²) in [5.74, 6) is 0. The van der Waals surface area contributed by atoms with Gasteiger partial charge in [-0.2, -0.15) is 5.10 Å². The number of hydrazone groups is 1. The Morgan fingerprint density at radius 1 is 0.696 bits per heavy atom. The molecule has 0 aromatic heterocycles. The minimum absolute atomic E-state index is 0.166. The molecule has 16 nitrogen and oxygen atoms in total. The molecule has 0 bridgehead atoms. The Morgan fingerprint density at radius 2 is 1.09 bits per heavy atom. The van der Waals surface area contributed by atoms with Crippen LogP contribution in [-0.2, 0) is 33.1 Å². The summed E-state index contributed by atoms with van der Waals surface area (Å²) in [7, 11) is -8.86. The van der Waals surface area contributed by atoms with Crippen LogP contribution >= 0.6 is 0 Å². The average molecular weight is 666 g/mol. The highest BCUT2D eigenvalue weighted by atomic mass is 32.2. The Hall–Kier alpha value is -5.56. The minimum Gasteiger partial charge on any atom is -0.350 e. The lowest BCUT2D eigenvalue weighted by molar-refractivity contribution is -0.386. The first-order valence-corrected chi connectivity index (χ1v) is 16.1. The highest BCUT2D eigenvalue weighted by Gasteiger charge is 2.41. The zero-order chi connectivity index (χ0) is 33.2. The summed E-state index contributed by atoms with van der Waals surface area (Å²) in [5.41, 5.74) is 4.80. The van der Waals surface area contributed by atoms with Crippen molar-refractivity contribution < 1.29 is 31.5 Å². The summed E-state index contributed by atoms with van der Waals surface area (Å²) in [5, 5.41) is 28.5. The highest BCUT2D eigenvalue weighted by Crippen LogP contribution is 2.49. The van der Waals surface area contributed by atoms with Crippen LogP contribution in [0.15, 0.2) is 99.8 Å². The molecule has 0 spiro atoms. The van der Waals surface area contributed by atoms with Crippen LogP contribution in [0.5, 0.6) is 0 Å². The molecule has 5 N–H and O–H groups in total. The van der Waals surface area contributed by atoms with Gasteiger partial charge in [0.15, 0.2) is 0 Å². The third kappa shape index (κ3) is 6.44. The predicted molar refractivity (Wildman–Crippen MR) is 164 cm³/mol. The number of nitro benzene ring substituents is 2. The van der Waals surface area contributed by atoms with Gasteiger partial charge in [0.05, 0.1) is 36.5 Å². The number of fused-ring (bicyclic) bond motifs is 3. The molecule has 0 fully saturated rings. The van der Waals surface area contributed by atoms with Crippen molar-refractivity contribution in [3.8, 4) is 11.1 Å². The molecule has 0 aliphatic heterocycles. The molecule has 0 unspecified atom stereocenters. The van der Waals surface area contributed by atoms with Crippen molar-refractivity contribution >= 4 is 43.2 Å².